The van der Waals surface area contributed by atoms with Crippen LogP contribution in [0.1, 0.15) is 21.5 Å². The molecular weight excluding hydrogens is 522 g/mol. The largest absolute Gasteiger partial charge is 0.490 e. The summed E-state index contributed by atoms with van der Waals surface area (Å²) in [5.41, 5.74) is 6.88. The van der Waals surface area contributed by atoms with Crippen molar-refractivity contribution in [2.75, 3.05) is 26.9 Å². The van der Waals surface area contributed by atoms with E-state index in [1.54, 1.807) is 37.4 Å². The molecule has 0 atom stereocenters. The van der Waals surface area contributed by atoms with Gasteiger partial charge >= 0.3 is 0 Å². The summed E-state index contributed by atoms with van der Waals surface area (Å²) >= 11 is 14.5. The molecule has 0 spiro atoms. The number of benzene rings is 2. The number of methoxy groups -OCH3 is 1. The molecule has 0 aliphatic carbocycles. The maximum atomic E-state index is 12.4. The maximum absolute atomic E-state index is 12.4. The van der Waals surface area contributed by atoms with Crippen LogP contribution in [0.3, 0.4) is 0 Å². The molecule has 3 N–H and O–H groups in total. The van der Waals surface area contributed by atoms with Gasteiger partial charge in [0, 0.05) is 17.7 Å². The minimum absolute atomic E-state index is 0.0712. The lowest BCUT2D eigenvalue weighted by Gasteiger charge is -2.13. The monoisotopic (exact) mass is 543 g/mol. The Balaban J connectivity index is 1.79. The highest BCUT2D eigenvalue weighted by atomic mass is 79.9. The maximum Gasteiger partial charge on any atom is 0.276 e. The van der Waals surface area contributed by atoms with E-state index in [1.807, 2.05) is 13.8 Å². The number of aryl methyl sites for hydroxylation is 2. The topological polar surface area (TPSA) is 97.9 Å². The second kappa shape index (κ2) is 12.6. The molecule has 0 heterocycles. The summed E-state index contributed by atoms with van der Waals surface area (Å²) in [6.45, 7) is 4.29. The Kier molecular flexibility index (Phi) is 10.2. The van der Waals surface area contributed by atoms with Crippen LogP contribution in [-0.4, -0.2) is 43.9 Å². The predicted octanol–water partition coefficient (Wildman–Crippen LogP) is 3.46. The fourth-order valence-electron chi connectivity index (χ4n) is 2.50. The number of ether oxygens (including phenoxy) is 3. The van der Waals surface area contributed by atoms with Gasteiger partial charge in [0.1, 0.15) is 18.1 Å². The lowest BCUT2D eigenvalue weighted by molar-refractivity contribution is -0.123. The quantitative estimate of drug-likeness (QED) is 0.266. The molecule has 2 rings (SSSR count). The third-order valence-electron chi connectivity index (χ3n) is 4.06. The zero-order valence-electron chi connectivity index (χ0n) is 17.7. The third kappa shape index (κ3) is 7.94. The van der Waals surface area contributed by atoms with Crippen LogP contribution in [0.2, 0.25) is 5.02 Å². The molecule has 32 heavy (non-hydrogen) atoms. The second-order valence-electron chi connectivity index (χ2n) is 6.60. The summed E-state index contributed by atoms with van der Waals surface area (Å²) in [5, 5.41) is 3.06. The normalized spacial score (nSPS) is 10.3. The van der Waals surface area contributed by atoms with Crippen molar-refractivity contribution < 1.29 is 23.8 Å². The lowest BCUT2D eigenvalue weighted by Crippen LogP contribution is -2.49. The molecule has 0 aliphatic rings. The van der Waals surface area contributed by atoms with Crippen molar-refractivity contribution in [3.8, 4) is 11.5 Å². The molecule has 0 saturated heterocycles. The highest BCUT2D eigenvalue weighted by Gasteiger charge is 2.12. The van der Waals surface area contributed by atoms with E-state index in [2.05, 4.69) is 32.1 Å². The molecule has 11 heteroatoms. The van der Waals surface area contributed by atoms with E-state index in [0.717, 1.165) is 11.1 Å². The van der Waals surface area contributed by atoms with E-state index in [4.69, 9.17) is 38.0 Å². The molecule has 0 aliphatic heterocycles. The smallest absolute Gasteiger partial charge is 0.276 e. The molecule has 2 aromatic rings. The van der Waals surface area contributed by atoms with Crippen molar-refractivity contribution in [3.63, 3.8) is 0 Å². The van der Waals surface area contributed by atoms with Crippen LogP contribution in [-0.2, 0) is 9.53 Å². The number of nitrogens with one attached hydrogen (secondary N) is 3. The average Bonchev–Trinajstić information content (AvgIpc) is 2.75. The van der Waals surface area contributed by atoms with Crippen LogP contribution in [0.25, 0.3) is 0 Å². The second-order valence-corrected chi connectivity index (χ2v) is 8.24. The van der Waals surface area contributed by atoms with Crippen LogP contribution >= 0.6 is 39.7 Å². The fourth-order valence-corrected chi connectivity index (χ4v) is 3.25. The van der Waals surface area contributed by atoms with E-state index in [-0.39, 0.29) is 11.7 Å². The van der Waals surface area contributed by atoms with Gasteiger partial charge in [-0.25, -0.2) is 0 Å². The number of rotatable bonds is 8. The minimum atomic E-state index is -0.479. The molecule has 0 radical (unpaired) electrons. The molecule has 172 valence electrons. The highest BCUT2D eigenvalue weighted by Crippen LogP contribution is 2.26. The Hall–Kier alpha value is -2.40. The minimum Gasteiger partial charge on any atom is -0.490 e. The summed E-state index contributed by atoms with van der Waals surface area (Å²) in [6, 6.07) is 8.33. The Labute approximate surface area is 205 Å². The van der Waals surface area contributed by atoms with E-state index >= 15 is 0 Å². The molecule has 8 nitrogen and oxygen atoms in total. The number of carbonyl (C=O) groups is 2. The lowest BCUT2D eigenvalue weighted by atomic mass is 10.1. The molecule has 0 aromatic heterocycles. The Morgan fingerprint density at radius 2 is 1.75 bits per heavy atom. The van der Waals surface area contributed by atoms with Gasteiger partial charge in [0.05, 0.1) is 11.1 Å². The summed E-state index contributed by atoms with van der Waals surface area (Å²) < 4.78 is 16.5. The van der Waals surface area contributed by atoms with Gasteiger partial charge in [-0.05, 0) is 83.5 Å². The van der Waals surface area contributed by atoms with Gasteiger partial charge in [0.2, 0.25) is 0 Å². The number of thiocarbonyl (C=S) groups is 1. The zero-order valence-corrected chi connectivity index (χ0v) is 20.9. The van der Waals surface area contributed by atoms with Gasteiger partial charge in [0.15, 0.2) is 11.7 Å². The SMILES string of the molecule is COCCOc1ccc(C(=O)NC(=S)NNC(=O)COc2cc(C)c(Cl)c(C)c2)cc1Br. The van der Waals surface area contributed by atoms with Crippen molar-refractivity contribution in [1.82, 2.24) is 16.2 Å². The van der Waals surface area contributed by atoms with Gasteiger partial charge in [-0.2, -0.15) is 0 Å². The van der Waals surface area contributed by atoms with Gasteiger partial charge in [-0.1, -0.05) is 11.6 Å². The van der Waals surface area contributed by atoms with Crippen molar-refractivity contribution in [3.05, 3.63) is 56.5 Å². The highest BCUT2D eigenvalue weighted by molar-refractivity contribution is 9.10. The van der Waals surface area contributed by atoms with Crippen LogP contribution in [0.5, 0.6) is 11.5 Å². The molecule has 0 fully saturated rings. The molecule has 2 aromatic carbocycles. The van der Waals surface area contributed by atoms with Crippen LogP contribution in [0.4, 0.5) is 0 Å². The number of carbonyl (C=O) groups excluding carboxylic acids is 2. The first-order valence-corrected chi connectivity index (χ1v) is 11.0. The zero-order chi connectivity index (χ0) is 23.7. The molecular formula is C21H23BrClN3O5S. The van der Waals surface area contributed by atoms with Crippen molar-refractivity contribution >= 4 is 56.7 Å². The van der Waals surface area contributed by atoms with E-state index in [1.165, 1.54) is 0 Å². The number of hydrazine groups is 1. The first-order chi connectivity index (χ1) is 15.2. The summed E-state index contributed by atoms with van der Waals surface area (Å²) in [4.78, 5) is 24.3. The Bertz CT molecular complexity index is 982. The molecule has 2 amide bonds. The van der Waals surface area contributed by atoms with Gasteiger partial charge < -0.3 is 14.2 Å². The average molecular weight is 545 g/mol. The molecule has 0 saturated carbocycles. The predicted molar refractivity (Wildman–Crippen MR) is 129 cm³/mol. The van der Waals surface area contributed by atoms with Crippen LogP contribution in [0.15, 0.2) is 34.8 Å². The van der Waals surface area contributed by atoms with Crippen LogP contribution in [0, 0.1) is 13.8 Å². The third-order valence-corrected chi connectivity index (χ3v) is 5.48. The Morgan fingerprint density at radius 3 is 2.38 bits per heavy atom. The number of amides is 2. The van der Waals surface area contributed by atoms with Crippen molar-refractivity contribution in [1.29, 1.82) is 0 Å². The van der Waals surface area contributed by atoms with Gasteiger partial charge in [-0.3, -0.25) is 25.8 Å². The van der Waals surface area contributed by atoms with E-state index in [0.29, 0.717) is 39.8 Å². The first kappa shape index (κ1) is 25.9. The summed E-state index contributed by atoms with van der Waals surface area (Å²) in [6.07, 6.45) is 0. The molecule has 0 unspecified atom stereocenters. The fraction of sp³-hybridized carbons (Fsp3) is 0.286. The van der Waals surface area contributed by atoms with E-state index < -0.39 is 11.8 Å². The summed E-state index contributed by atoms with van der Waals surface area (Å²) in [7, 11) is 1.58. The van der Waals surface area contributed by atoms with Crippen molar-refractivity contribution in [2.24, 2.45) is 0 Å². The van der Waals surface area contributed by atoms with Crippen LogP contribution < -0.4 is 25.6 Å². The van der Waals surface area contributed by atoms with E-state index in [9.17, 15) is 9.59 Å². The van der Waals surface area contributed by atoms with Crippen molar-refractivity contribution in [2.45, 2.75) is 13.8 Å². The Morgan fingerprint density at radius 1 is 1.06 bits per heavy atom. The van der Waals surface area contributed by atoms with Gasteiger partial charge in [-0.15, -0.1) is 0 Å². The standard InChI is InChI=1S/C21H23BrClN3O5S/c1-12-8-15(9-13(2)19(12)23)31-11-18(27)25-26-21(32)24-20(28)14-4-5-17(16(22)10-14)30-7-6-29-3/h4-5,8-10H,6-7,11H2,1-3H3,(H,25,27)(H2,24,26,28,32). The van der Waals surface area contributed by atoms with Gasteiger partial charge in [0.25, 0.3) is 11.8 Å². The molecule has 0 bridgehead atoms. The first-order valence-electron chi connectivity index (χ1n) is 9.42. The number of halogens is 2. The number of hydrogen-bond donors (Lipinski definition) is 3. The summed E-state index contributed by atoms with van der Waals surface area (Å²) in [5.74, 6) is 0.171. The number of hydrogen-bond acceptors (Lipinski definition) is 6.